The molecular weight excluding hydrogens is 309 g/mol. The van der Waals surface area contributed by atoms with E-state index in [1.807, 2.05) is 6.07 Å². The van der Waals surface area contributed by atoms with Gasteiger partial charge in [0.05, 0.1) is 16.8 Å². The molecule has 3 aromatic rings. The lowest BCUT2D eigenvalue weighted by Gasteiger charge is -2.08. The highest BCUT2D eigenvalue weighted by Gasteiger charge is 2.13. The molecular formula is C16H9Cl2NO2. The van der Waals surface area contributed by atoms with Crippen molar-refractivity contribution in [3.05, 3.63) is 64.1 Å². The van der Waals surface area contributed by atoms with Crippen LogP contribution in [0.4, 0.5) is 0 Å². The van der Waals surface area contributed by atoms with Crippen LogP contribution in [0.1, 0.15) is 10.4 Å². The van der Waals surface area contributed by atoms with Crippen LogP contribution in [0.5, 0.6) is 0 Å². The average molecular weight is 318 g/mol. The molecule has 3 nitrogen and oxygen atoms in total. The molecule has 0 spiro atoms. The first-order valence-electron chi connectivity index (χ1n) is 6.14. The van der Waals surface area contributed by atoms with Crippen LogP contribution in [-0.4, -0.2) is 16.1 Å². The molecule has 0 fully saturated rings. The van der Waals surface area contributed by atoms with Gasteiger partial charge in [0, 0.05) is 21.0 Å². The molecule has 0 aliphatic carbocycles. The Labute approximate surface area is 130 Å². The third kappa shape index (κ3) is 2.71. The van der Waals surface area contributed by atoms with Crippen LogP contribution in [0.2, 0.25) is 10.0 Å². The van der Waals surface area contributed by atoms with Crippen LogP contribution in [0, 0.1) is 0 Å². The number of aromatic nitrogens is 1. The molecule has 0 aliphatic heterocycles. The number of carboxylic acid groups (broad SMARTS) is 1. The first kappa shape index (κ1) is 13.9. The summed E-state index contributed by atoms with van der Waals surface area (Å²) in [4.78, 5) is 15.9. The number of benzene rings is 2. The fraction of sp³-hybridized carbons (Fsp3) is 0. The smallest absolute Gasteiger partial charge is 0.336 e. The van der Waals surface area contributed by atoms with Gasteiger partial charge >= 0.3 is 5.97 Å². The summed E-state index contributed by atoms with van der Waals surface area (Å²) in [7, 11) is 0. The molecule has 0 unspecified atom stereocenters. The Morgan fingerprint density at radius 3 is 2.48 bits per heavy atom. The van der Waals surface area contributed by atoms with E-state index in [0.717, 1.165) is 5.56 Å². The van der Waals surface area contributed by atoms with Crippen molar-refractivity contribution in [2.24, 2.45) is 0 Å². The summed E-state index contributed by atoms with van der Waals surface area (Å²) in [6.07, 6.45) is 0. The van der Waals surface area contributed by atoms with Crippen LogP contribution in [-0.2, 0) is 0 Å². The summed E-state index contributed by atoms with van der Waals surface area (Å²) in [6, 6.07) is 13.6. The highest BCUT2D eigenvalue weighted by Crippen LogP contribution is 2.28. The minimum absolute atomic E-state index is 0.187. The van der Waals surface area contributed by atoms with E-state index in [2.05, 4.69) is 4.98 Å². The third-order valence-electron chi connectivity index (χ3n) is 3.12. The largest absolute Gasteiger partial charge is 0.478 e. The van der Waals surface area contributed by atoms with Crippen molar-refractivity contribution in [2.45, 2.75) is 0 Å². The number of carbonyl (C=O) groups is 1. The van der Waals surface area contributed by atoms with E-state index >= 15 is 0 Å². The maximum atomic E-state index is 11.5. The standard InChI is InChI=1S/C16H9Cl2NO2/c17-10-3-1-2-9(6-10)14-8-13(16(20)21)12-5-4-11(18)7-15(12)19-14/h1-8H,(H,20,21). The maximum absolute atomic E-state index is 11.5. The zero-order valence-corrected chi connectivity index (χ0v) is 12.2. The fourth-order valence-corrected chi connectivity index (χ4v) is 2.53. The van der Waals surface area contributed by atoms with E-state index in [1.165, 1.54) is 0 Å². The normalized spacial score (nSPS) is 10.8. The van der Waals surface area contributed by atoms with Crippen LogP contribution < -0.4 is 0 Å². The Morgan fingerprint density at radius 2 is 1.76 bits per heavy atom. The predicted molar refractivity (Wildman–Crippen MR) is 84.2 cm³/mol. The van der Waals surface area contributed by atoms with Gasteiger partial charge in [0.15, 0.2) is 0 Å². The number of carboxylic acids is 1. The van der Waals surface area contributed by atoms with E-state index in [-0.39, 0.29) is 5.56 Å². The van der Waals surface area contributed by atoms with Gasteiger partial charge < -0.3 is 5.11 Å². The second kappa shape index (κ2) is 5.35. The fourth-order valence-electron chi connectivity index (χ4n) is 2.17. The lowest BCUT2D eigenvalue weighted by molar-refractivity contribution is 0.0699. The lowest BCUT2D eigenvalue weighted by Crippen LogP contribution is -2.00. The van der Waals surface area contributed by atoms with Gasteiger partial charge in [0.25, 0.3) is 0 Å². The number of nitrogens with zero attached hydrogens (tertiary/aromatic N) is 1. The molecule has 0 saturated heterocycles. The summed E-state index contributed by atoms with van der Waals surface area (Å²) in [6.45, 7) is 0. The quantitative estimate of drug-likeness (QED) is 0.730. The average Bonchev–Trinajstić information content (AvgIpc) is 2.45. The lowest BCUT2D eigenvalue weighted by atomic mass is 10.0. The van der Waals surface area contributed by atoms with Crippen LogP contribution >= 0.6 is 23.2 Å². The van der Waals surface area contributed by atoms with E-state index in [0.29, 0.717) is 26.6 Å². The highest BCUT2D eigenvalue weighted by molar-refractivity contribution is 6.31. The van der Waals surface area contributed by atoms with Gasteiger partial charge in [-0.25, -0.2) is 9.78 Å². The molecule has 1 aromatic heterocycles. The van der Waals surface area contributed by atoms with Crippen molar-refractivity contribution >= 4 is 40.1 Å². The molecule has 0 atom stereocenters. The summed E-state index contributed by atoms with van der Waals surface area (Å²) >= 11 is 11.9. The number of fused-ring (bicyclic) bond motifs is 1. The Kier molecular flexibility index (Phi) is 3.53. The van der Waals surface area contributed by atoms with Crippen molar-refractivity contribution in [2.75, 3.05) is 0 Å². The Hall–Kier alpha value is -2.10. The summed E-state index contributed by atoms with van der Waals surface area (Å²) in [5.41, 5.74) is 2.03. The summed E-state index contributed by atoms with van der Waals surface area (Å²) in [5, 5.41) is 11.0. The topological polar surface area (TPSA) is 50.2 Å². The molecule has 0 saturated carbocycles. The molecule has 3 rings (SSSR count). The zero-order chi connectivity index (χ0) is 15.0. The minimum Gasteiger partial charge on any atom is -0.478 e. The Balaban J connectivity index is 2.32. The van der Waals surface area contributed by atoms with Crippen molar-refractivity contribution in [3.63, 3.8) is 0 Å². The van der Waals surface area contributed by atoms with Crippen LogP contribution in [0.25, 0.3) is 22.2 Å². The van der Waals surface area contributed by atoms with E-state index in [4.69, 9.17) is 23.2 Å². The molecule has 0 aliphatic rings. The summed E-state index contributed by atoms with van der Waals surface area (Å²) in [5.74, 6) is -1.01. The first-order chi connectivity index (χ1) is 10.0. The second-order valence-electron chi connectivity index (χ2n) is 4.53. The molecule has 2 aromatic carbocycles. The van der Waals surface area contributed by atoms with E-state index in [1.54, 1.807) is 42.5 Å². The predicted octanol–water partition coefficient (Wildman–Crippen LogP) is 4.91. The van der Waals surface area contributed by atoms with Crippen LogP contribution in [0.3, 0.4) is 0 Å². The monoisotopic (exact) mass is 317 g/mol. The number of rotatable bonds is 2. The Bertz CT molecular complexity index is 862. The van der Waals surface area contributed by atoms with Crippen molar-refractivity contribution in [1.82, 2.24) is 4.98 Å². The molecule has 1 N–H and O–H groups in total. The first-order valence-corrected chi connectivity index (χ1v) is 6.90. The van der Waals surface area contributed by atoms with Gasteiger partial charge in [-0.15, -0.1) is 0 Å². The van der Waals surface area contributed by atoms with Crippen molar-refractivity contribution in [3.8, 4) is 11.3 Å². The molecule has 0 bridgehead atoms. The molecule has 0 amide bonds. The molecule has 104 valence electrons. The number of pyridine rings is 1. The SMILES string of the molecule is O=C(O)c1cc(-c2cccc(Cl)c2)nc2cc(Cl)ccc12. The second-order valence-corrected chi connectivity index (χ2v) is 5.40. The number of aromatic carboxylic acids is 1. The molecule has 0 radical (unpaired) electrons. The van der Waals surface area contributed by atoms with Crippen molar-refractivity contribution < 1.29 is 9.90 Å². The molecule has 1 heterocycles. The van der Waals surface area contributed by atoms with E-state index in [9.17, 15) is 9.90 Å². The van der Waals surface area contributed by atoms with Gasteiger partial charge in [-0.05, 0) is 30.3 Å². The maximum Gasteiger partial charge on any atom is 0.336 e. The van der Waals surface area contributed by atoms with Gasteiger partial charge in [-0.2, -0.15) is 0 Å². The van der Waals surface area contributed by atoms with E-state index < -0.39 is 5.97 Å². The summed E-state index contributed by atoms with van der Waals surface area (Å²) < 4.78 is 0. The zero-order valence-electron chi connectivity index (χ0n) is 10.7. The number of hydrogen-bond acceptors (Lipinski definition) is 2. The molecule has 5 heteroatoms. The highest BCUT2D eigenvalue weighted by atomic mass is 35.5. The minimum atomic E-state index is -1.01. The van der Waals surface area contributed by atoms with Gasteiger partial charge in [0.2, 0.25) is 0 Å². The van der Waals surface area contributed by atoms with Crippen molar-refractivity contribution in [1.29, 1.82) is 0 Å². The molecule has 21 heavy (non-hydrogen) atoms. The Morgan fingerprint density at radius 1 is 1.00 bits per heavy atom. The van der Waals surface area contributed by atoms with Gasteiger partial charge in [-0.1, -0.05) is 41.4 Å². The van der Waals surface area contributed by atoms with Gasteiger partial charge in [0.1, 0.15) is 0 Å². The third-order valence-corrected chi connectivity index (χ3v) is 3.59. The number of hydrogen-bond donors (Lipinski definition) is 1. The number of halogens is 2. The van der Waals surface area contributed by atoms with Crippen LogP contribution in [0.15, 0.2) is 48.5 Å². The van der Waals surface area contributed by atoms with Gasteiger partial charge in [-0.3, -0.25) is 0 Å².